The summed E-state index contributed by atoms with van der Waals surface area (Å²) in [5.41, 5.74) is 3.68. The van der Waals surface area contributed by atoms with Gasteiger partial charge in [0.1, 0.15) is 17.1 Å². The number of imidazole rings is 1. The minimum atomic E-state index is -0.645. The number of rotatable bonds is 3. The van der Waals surface area contributed by atoms with Crippen molar-refractivity contribution in [2.45, 2.75) is 26.5 Å². The van der Waals surface area contributed by atoms with Gasteiger partial charge in [0.25, 0.3) is 0 Å². The molecular formula is C15H17ClN4O. The molecule has 2 heterocycles. The number of aliphatic hydroxyl groups is 1. The second-order valence-corrected chi connectivity index (χ2v) is 5.56. The van der Waals surface area contributed by atoms with E-state index in [0.29, 0.717) is 17.5 Å². The van der Waals surface area contributed by atoms with E-state index in [0.717, 1.165) is 22.3 Å². The normalized spacial score (nSPS) is 13.0. The maximum Gasteiger partial charge on any atom is 0.138 e. The van der Waals surface area contributed by atoms with Crippen LogP contribution in [0.1, 0.15) is 30.1 Å². The Morgan fingerprint density at radius 1 is 1.33 bits per heavy atom. The van der Waals surface area contributed by atoms with Crippen LogP contribution in [0.15, 0.2) is 24.3 Å². The molecular weight excluding hydrogens is 288 g/mol. The molecule has 1 atom stereocenters. The molecule has 3 aromatic rings. The van der Waals surface area contributed by atoms with Gasteiger partial charge in [-0.15, -0.1) is 0 Å². The van der Waals surface area contributed by atoms with Crippen LogP contribution in [-0.2, 0) is 13.6 Å². The number of para-hydroxylation sites is 2. The first-order valence-corrected chi connectivity index (χ1v) is 7.18. The molecule has 0 saturated heterocycles. The summed E-state index contributed by atoms with van der Waals surface area (Å²) in [6.45, 7) is 4.19. The second-order valence-electron chi connectivity index (χ2n) is 5.20. The minimum Gasteiger partial charge on any atom is -0.385 e. The summed E-state index contributed by atoms with van der Waals surface area (Å²) in [4.78, 5) is 4.52. The van der Waals surface area contributed by atoms with E-state index in [1.165, 1.54) is 0 Å². The zero-order chi connectivity index (χ0) is 15.1. The fourth-order valence-electron chi connectivity index (χ4n) is 2.59. The van der Waals surface area contributed by atoms with Crippen molar-refractivity contribution in [2.24, 2.45) is 7.05 Å². The lowest BCUT2D eigenvalue weighted by atomic mass is 10.2. The lowest BCUT2D eigenvalue weighted by Gasteiger charge is -2.11. The summed E-state index contributed by atoms with van der Waals surface area (Å²) >= 11 is 6.32. The predicted molar refractivity (Wildman–Crippen MR) is 82.4 cm³/mol. The van der Waals surface area contributed by atoms with E-state index >= 15 is 0 Å². The molecule has 0 bridgehead atoms. The van der Waals surface area contributed by atoms with E-state index in [4.69, 9.17) is 11.6 Å². The van der Waals surface area contributed by atoms with Gasteiger partial charge >= 0.3 is 0 Å². The number of hydrogen-bond donors (Lipinski definition) is 1. The van der Waals surface area contributed by atoms with E-state index in [-0.39, 0.29) is 0 Å². The first kappa shape index (κ1) is 14.1. The molecule has 110 valence electrons. The van der Waals surface area contributed by atoms with E-state index in [9.17, 15) is 5.11 Å². The van der Waals surface area contributed by atoms with Gasteiger partial charge in [0.15, 0.2) is 0 Å². The smallest absolute Gasteiger partial charge is 0.138 e. The van der Waals surface area contributed by atoms with Gasteiger partial charge < -0.3 is 9.67 Å². The number of nitrogens with zero attached hydrogens (tertiary/aromatic N) is 4. The summed E-state index contributed by atoms with van der Waals surface area (Å²) in [6, 6.07) is 7.83. The van der Waals surface area contributed by atoms with Crippen LogP contribution in [-0.4, -0.2) is 24.4 Å². The largest absolute Gasteiger partial charge is 0.385 e. The summed E-state index contributed by atoms with van der Waals surface area (Å²) in [5.74, 6) is 0.635. The molecule has 0 unspecified atom stereocenters. The molecule has 0 aliphatic heterocycles. The standard InChI is InChI=1S/C15H17ClN4O/c1-9-11(14(16)19(3)18-9)8-20-13-7-5-4-6-12(13)17-15(20)10(2)21/h4-7,10,21H,8H2,1-3H3/t10-/m1/s1. The van der Waals surface area contributed by atoms with Crippen LogP contribution >= 0.6 is 11.6 Å². The van der Waals surface area contributed by atoms with Crippen molar-refractivity contribution in [1.29, 1.82) is 0 Å². The fourth-order valence-corrected chi connectivity index (χ4v) is 2.83. The third-order valence-corrected chi connectivity index (χ3v) is 4.12. The average Bonchev–Trinajstić information content (AvgIpc) is 2.93. The van der Waals surface area contributed by atoms with Gasteiger partial charge in [0, 0.05) is 12.6 Å². The van der Waals surface area contributed by atoms with Crippen molar-refractivity contribution in [2.75, 3.05) is 0 Å². The predicted octanol–water partition coefficient (Wildman–Crippen LogP) is 2.83. The van der Waals surface area contributed by atoms with Crippen LogP contribution in [0.2, 0.25) is 5.15 Å². The zero-order valence-corrected chi connectivity index (χ0v) is 13.0. The molecule has 1 aromatic carbocycles. The molecule has 5 nitrogen and oxygen atoms in total. The topological polar surface area (TPSA) is 55.9 Å². The molecule has 0 saturated carbocycles. The number of fused-ring (bicyclic) bond motifs is 1. The van der Waals surface area contributed by atoms with E-state index < -0.39 is 6.10 Å². The Labute approximate surface area is 127 Å². The highest BCUT2D eigenvalue weighted by Gasteiger charge is 2.18. The average molecular weight is 305 g/mol. The van der Waals surface area contributed by atoms with Crippen molar-refractivity contribution in [3.63, 3.8) is 0 Å². The summed E-state index contributed by atoms with van der Waals surface area (Å²) in [7, 11) is 1.82. The van der Waals surface area contributed by atoms with Gasteiger partial charge in [-0.2, -0.15) is 5.10 Å². The Balaban J connectivity index is 2.17. The number of halogens is 1. The highest BCUT2D eigenvalue weighted by molar-refractivity contribution is 6.30. The van der Waals surface area contributed by atoms with Crippen molar-refractivity contribution in [3.05, 3.63) is 46.5 Å². The zero-order valence-electron chi connectivity index (χ0n) is 12.2. The first-order valence-electron chi connectivity index (χ1n) is 6.80. The Morgan fingerprint density at radius 2 is 2.05 bits per heavy atom. The van der Waals surface area contributed by atoms with Gasteiger partial charge in [0.2, 0.25) is 0 Å². The highest BCUT2D eigenvalue weighted by atomic mass is 35.5. The van der Waals surface area contributed by atoms with Crippen molar-refractivity contribution >= 4 is 22.6 Å². The Hall–Kier alpha value is -1.85. The molecule has 2 aromatic heterocycles. The van der Waals surface area contributed by atoms with Gasteiger partial charge in [-0.1, -0.05) is 23.7 Å². The van der Waals surface area contributed by atoms with Crippen LogP contribution < -0.4 is 0 Å². The number of aliphatic hydroxyl groups excluding tert-OH is 1. The fraction of sp³-hybridized carbons (Fsp3) is 0.333. The van der Waals surface area contributed by atoms with Gasteiger partial charge in [0.05, 0.1) is 23.3 Å². The summed E-state index contributed by atoms with van der Waals surface area (Å²) < 4.78 is 3.66. The molecule has 1 N–H and O–H groups in total. The van der Waals surface area contributed by atoms with Gasteiger partial charge in [-0.25, -0.2) is 4.98 Å². The maximum absolute atomic E-state index is 9.99. The quantitative estimate of drug-likeness (QED) is 0.809. The summed E-state index contributed by atoms with van der Waals surface area (Å²) in [6.07, 6.45) is -0.645. The van der Waals surface area contributed by atoms with E-state index in [2.05, 4.69) is 10.1 Å². The van der Waals surface area contributed by atoms with Gasteiger partial charge in [-0.3, -0.25) is 4.68 Å². The van der Waals surface area contributed by atoms with Crippen LogP contribution in [0.4, 0.5) is 0 Å². The number of aromatic nitrogens is 4. The third kappa shape index (κ3) is 2.32. The Morgan fingerprint density at radius 3 is 2.67 bits per heavy atom. The molecule has 0 aliphatic carbocycles. The number of benzene rings is 1. The first-order chi connectivity index (χ1) is 9.99. The van der Waals surface area contributed by atoms with Crippen LogP contribution in [0, 0.1) is 6.92 Å². The van der Waals surface area contributed by atoms with E-state index in [1.807, 2.05) is 42.8 Å². The molecule has 0 fully saturated rings. The highest BCUT2D eigenvalue weighted by Crippen LogP contribution is 2.25. The molecule has 0 radical (unpaired) electrons. The number of aryl methyl sites for hydroxylation is 2. The molecule has 0 amide bonds. The van der Waals surface area contributed by atoms with E-state index in [1.54, 1.807) is 11.6 Å². The molecule has 0 spiro atoms. The number of hydrogen-bond acceptors (Lipinski definition) is 3. The van der Waals surface area contributed by atoms with Crippen molar-refractivity contribution < 1.29 is 5.11 Å². The van der Waals surface area contributed by atoms with Crippen LogP contribution in [0.3, 0.4) is 0 Å². The van der Waals surface area contributed by atoms with Crippen LogP contribution in [0.5, 0.6) is 0 Å². The molecule has 21 heavy (non-hydrogen) atoms. The van der Waals surface area contributed by atoms with Gasteiger partial charge in [-0.05, 0) is 26.0 Å². The molecule has 6 heteroatoms. The van der Waals surface area contributed by atoms with Crippen LogP contribution in [0.25, 0.3) is 11.0 Å². The Kier molecular flexibility index (Phi) is 3.47. The van der Waals surface area contributed by atoms with Crippen molar-refractivity contribution in [3.8, 4) is 0 Å². The lowest BCUT2D eigenvalue weighted by Crippen LogP contribution is -2.08. The third-order valence-electron chi connectivity index (χ3n) is 3.64. The second kappa shape index (κ2) is 5.16. The maximum atomic E-state index is 9.99. The van der Waals surface area contributed by atoms with Crippen molar-refractivity contribution in [1.82, 2.24) is 19.3 Å². The molecule has 0 aliphatic rings. The lowest BCUT2D eigenvalue weighted by molar-refractivity contribution is 0.185. The summed E-state index contributed by atoms with van der Waals surface area (Å²) in [5, 5.41) is 14.9. The monoisotopic (exact) mass is 304 g/mol. The minimum absolute atomic E-state index is 0.541. The Bertz CT molecular complexity index is 803. The molecule has 3 rings (SSSR count). The SMILES string of the molecule is Cc1nn(C)c(Cl)c1Cn1c([C@@H](C)O)nc2ccccc21.